The number of halogens is 1. The Morgan fingerprint density at radius 1 is 1.38 bits per heavy atom. The van der Waals surface area contributed by atoms with Crippen LogP contribution in [0, 0.1) is 0 Å². The van der Waals surface area contributed by atoms with Gasteiger partial charge in [0.2, 0.25) is 0 Å². The maximum absolute atomic E-state index is 11.9. The Labute approximate surface area is 108 Å². The van der Waals surface area contributed by atoms with Gasteiger partial charge in [0.1, 0.15) is 9.35 Å². The smallest absolute Gasteiger partial charge is 0.136 e. The molecule has 2 atom stereocenters. The van der Waals surface area contributed by atoms with Crippen LogP contribution in [-0.2, 0) is 11.4 Å². The average molecular weight is 306 g/mol. The molecule has 0 aliphatic rings. The fourth-order valence-corrected chi connectivity index (χ4v) is 1.96. The second kappa shape index (κ2) is 5.44. The van der Waals surface area contributed by atoms with E-state index < -0.39 is 11.4 Å². The van der Waals surface area contributed by atoms with Crippen LogP contribution >= 0.6 is 15.9 Å². The molecule has 0 radical (unpaired) electrons. The SMILES string of the molecule is CC(N[S@+]([O-])C(C)(C)C)c1ccc(Br)nn1. The molecule has 16 heavy (non-hydrogen) atoms. The van der Waals surface area contributed by atoms with E-state index in [2.05, 4.69) is 30.8 Å². The van der Waals surface area contributed by atoms with Crippen molar-refractivity contribution in [3.8, 4) is 0 Å². The molecule has 6 heteroatoms. The zero-order valence-corrected chi connectivity index (χ0v) is 12.2. The molecule has 0 aliphatic carbocycles. The third-order valence-electron chi connectivity index (χ3n) is 1.94. The Balaban J connectivity index is 2.65. The van der Waals surface area contributed by atoms with Crippen LogP contribution in [0.2, 0.25) is 0 Å². The van der Waals surface area contributed by atoms with E-state index in [0.717, 1.165) is 5.69 Å². The number of aromatic nitrogens is 2. The number of hydrogen-bond acceptors (Lipinski definition) is 4. The zero-order chi connectivity index (χ0) is 12.3. The van der Waals surface area contributed by atoms with Gasteiger partial charge in [-0.15, -0.1) is 9.82 Å². The van der Waals surface area contributed by atoms with E-state index in [1.807, 2.05) is 39.8 Å². The van der Waals surface area contributed by atoms with Crippen molar-refractivity contribution in [3.63, 3.8) is 0 Å². The van der Waals surface area contributed by atoms with E-state index in [1.165, 1.54) is 0 Å². The minimum absolute atomic E-state index is 0.0827. The minimum atomic E-state index is -1.10. The van der Waals surface area contributed by atoms with Crippen molar-refractivity contribution in [2.75, 3.05) is 0 Å². The van der Waals surface area contributed by atoms with E-state index in [1.54, 1.807) is 0 Å². The van der Waals surface area contributed by atoms with Crippen molar-refractivity contribution in [2.45, 2.75) is 38.5 Å². The first-order chi connectivity index (χ1) is 7.30. The van der Waals surface area contributed by atoms with E-state index >= 15 is 0 Å². The van der Waals surface area contributed by atoms with Crippen molar-refractivity contribution in [2.24, 2.45) is 0 Å². The molecule has 1 aromatic rings. The van der Waals surface area contributed by atoms with Crippen LogP contribution in [0.25, 0.3) is 0 Å². The van der Waals surface area contributed by atoms with Crippen molar-refractivity contribution >= 4 is 27.3 Å². The second-order valence-electron chi connectivity index (χ2n) is 4.50. The van der Waals surface area contributed by atoms with E-state index in [9.17, 15) is 4.55 Å². The normalized spacial score (nSPS) is 15.9. The first kappa shape index (κ1) is 13.9. The van der Waals surface area contributed by atoms with Crippen LogP contribution in [0.15, 0.2) is 16.7 Å². The molecule has 90 valence electrons. The summed E-state index contributed by atoms with van der Waals surface area (Å²) in [6.45, 7) is 7.70. The second-order valence-corrected chi connectivity index (χ2v) is 7.31. The van der Waals surface area contributed by atoms with Crippen LogP contribution in [0.1, 0.15) is 39.4 Å². The third-order valence-corrected chi connectivity index (χ3v) is 4.04. The van der Waals surface area contributed by atoms with Gasteiger partial charge in [-0.3, -0.25) is 0 Å². The van der Waals surface area contributed by atoms with Crippen molar-refractivity contribution in [1.29, 1.82) is 0 Å². The molecule has 0 bridgehead atoms. The summed E-state index contributed by atoms with van der Waals surface area (Å²) in [5.41, 5.74) is 0.779. The first-order valence-electron chi connectivity index (χ1n) is 4.98. The van der Waals surface area contributed by atoms with Gasteiger partial charge in [0, 0.05) is 11.4 Å². The molecule has 1 N–H and O–H groups in total. The highest BCUT2D eigenvalue weighted by Crippen LogP contribution is 2.18. The van der Waals surface area contributed by atoms with E-state index in [4.69, 9.17) is 0 Å². The predicted octanol–water partition coefficient (Wildman–Crippen LogP) is 2.35. The molecule has 1 heterocycles. The molecule has 0 saturated heterocycles. The van der Waals surface area contributed by atoms with Gasteiger partial charge in [0.05, 0.1) is 11.7 Å². The fraction of sp³-hybridized carbons (Fsp3) is 0.600. The Bertz CT molecular complexity index is 339. The van der Waals surface area contributed by atoms with E-state index in [0.29, 0.717) is 4.60 Å². The minimum Gasteiger partial charge on any atom is -0.598 e. The number of nitrogens with one attached hydrogen (secondary N) is 1. The van der Waals surface area contributed by atoms with Crippen LogP contribution in [-0.4, -0.2) is 19.5 Å². The van der Waals surface area contributed by atoms with E-state index in [-0.39, 0.29) is 10.8 Å². The van der Waals surface area contributed by atoms with Gasteiger partial charge in [-0.2, -0.15) is 5.10 Å². The quantitative estimate of drug-likeness (QED) is 0.871. The van der Waals surface area contributed by atoms with Crippen LogP contribution < -0.4 is 4.72 Å². The molecule has 1 unspecified atom stereocenters. The highest BCUT2D eigenvalue weighted by Gasteiger charge is 2.28. The van der Waals surface area contributed by atoms with Gasteiger partial charge >= 0.3 is 0 Å². The van der Waals surface area contributed by atoms with Crippen molar-refractivity contribution < 1.29 is 4.55 Å². The highest BCUT2D eigenvalue weighted by molar-refractivity contribution is 9.10. The van der Waals surface area contributed by atoms with Gasteiger partial charge in [0.15, 0.2) is 0 Å². The van der Waals surface area contributed by atoms with Crippen LogP contribution in [0.4, 0.5) is 0 Å². The molecule has 0 aromatic carbocycles. The van der Waals surface area contributed by atoms with Gasteiger partial charge in [-0.05, 0) is 55.8 Å². The molecular formula is C10H16BrN3OS. The lowest BCUT2D eigenvalue weighted by Gasteiger charge is -2.26. The van der Waals surface area contributed by atoms with Gasteiger partial charge in [-0.25, -0.2) is 0 Å². The summed E-state index contributed by atoms with van der Waals surface area (Å²) in [7, 11) is 0. The molecule has 0 amide bonds. The zero-order valence-electron chi connectivity index (χ0n) is 9.82. The molecule has 1 rings (SSSR count). The predicted molar refractivity (Wildman–Crippen MR) is 69.2 cm³/mol. The molecular weight excluding hydrogens is 290 g/mol. The van der Waals surface area contributed by atoms with Gasteiger partial charge in [-0.1, -0.05) is 0 Å². The molecule has 0 aliphatic heterocycles. The molecule has 1 aromatic heterocycles. The lowest BCUT2D eigenvalue weighted by molar-refractivity contribution is 0.528. The summed E-state index contributed by atoms with van der Waals surface area (Å²) >= 11 is 2.12. The average Bonchev–Trinajstić information content (AvgIpc) is 2.17. The fourth-order valence-electron chi connectivity index (χ4n) is 0.955. The molecule has 0 saturated carbocycles. The summed E-state index contributed by atoms with van der Waals surface area (Å²) in [5.74, 6) is 0. The Morgan fingerprint density at radius 3 is 2.44 bits per heavy atom. The number of nitrogens with zero attached hydrogens (tertiary/aromatic N) is 2. The number of rotatable bonds is 3. The molecule has 0 fully saturated rings. The Kier molecular flexibility index (Phi) is 4.73. The standard InChI is InChI=1S/C10H16BrN3OS/c1-7(14-16(15)10(2,3)4)8-5-6-9(11)13-12-8/h5-7,14H,1-4H3/t7?,16-/m1/s1. The Morgan fingerprint density at radius 2 is 2.00 bits per heavy atom. The lowest BCUT2D eigenvalue weighted by atomic mass is 10.2. The maximum Gasteiger partial charge on any atom is 0.136 e. The topological polar surface area (TPSA) is 60.9 Å². The molecule has 4 nitrogen and oxygen atoms in total. The Hall–Kier alpha value is -0.170. The van der Waals surface area contributed by atoms with Gasteiger partial charge < -0.3 is 4.55 Å². The highest BCUT2D eigenvalue weighted by atomic mass is 79.9. The van der Waals surface area contributed by atoms with Crippen molar-refractivity contribution in [3.05, 3.63) is 22.4 Å². The summed E-state index contributed by atoms with van der Waals surface area (Å²) in [5, 5.41) is 7.92. The summed E-state index contributed by atoms with van der Waals surface area (Å²) in [6, 6.07) is 3.59. The van der Waals surface area contributed by atoms with Crippen LogP contribution in [0.5, 0.6) is 0 Å². The van der Waals surface area contributed by atoms with Crippen LogP contribution in [0.3, 0.4) is 0 Å². The monoisotopic (exact) mass is 305 g/mol. The summed E-state index contributed by atoms with van der Waals surface area (Å²) in [4.78, 5) is 0. The summed E-state index contributed by atoms with van der Waals surface area (Å²) < 4.78 is 15.3. The lowest BCUT2D eigenvalue weighted by Crippen LogP contribution is -2.40. The largest absolute Gasteiger partial charge is 0.598 e. The molecule has 0 spiro atoms. The third kappa shape index (κ3) is 4.01. The maximum atomic E-state index is 11.9. The summed E-state index contributed by atoms with van der Waals surface area (Å²) in [6.07, 6.45) is 0. The van der Waals surface area contributed by atoms with Gasteiger partial charge in [0.25, 0.3) is 0 Å². The van der Waals surface area contributed by atoms with Crippen molar-refractivity contribution in [1.82, 2.24) is 14.9 Å². The first-order valence-corrected chi connectivity index (χ1v) is 6.92. The number of hydrogen-bond donors (Lipinski definition) is 1.